The number of nitrogens with one attached hydrogen (secondary N) is 1. The first-order valence-electron chi connectivity index (χ1n) is 8.30. The maximum Gasteiger partial charge on any atom is 0.0197 e. The Morgan fingerprint density at radius 3 is 2.76 bits per heavy atom. The lowest BCUT2D eigenvalue weighted by atomic mass is 10.0. The smallest absolute Gasteiger partial charge is 0.0197 e. The molecule has 2 atom stereocenters. The van der Waals surface area contributed by atoms with E-state index in [1.54, 1.807) is 0 Å². The van der Waals surface area contributed by atoms with Crippen molar-refractivity contribution < 1.29 is 0 Å². The third-order valence-corrected chi connectivity index (χ3v) is 5.21. The Hall–Kier alpha value is -0.510. The van der Waals surface area contributed by atoms with Gasteiger partial charge in [0.25, 0.3) is 0 Å². The van der Waals surface area contributed by atoms with E-state index in [0.717, 1.165) is 5.92 Å². The summed E-state index contributed by atoms with van der Waals surface area (Å²) >= 11 is 1.98. The van der Waals surface area contributed by atoms with Gasteiger partial charge in [0.2, 0.25) is 0 Å². The van der Waals surface area contributed by atoms with E-state index in [4.69, 9.17) is 0 Å². The first kappa shape index (κ1) is 16.9. The lowest BCUT2D eigenvalue weighted by Gasteiger charge is -2.29. The maximum absolute atomic E-state index is 3.73. The van der Waals surface area contributed by atoms with Crippen LogP contribution < -0.4 is 5.32 Å². The minimum absolute atomic E-state index is 0.664. The Labute approximate surface area is 134 Å². The highest BCUT2D eigenvalue weighted by atomic mass is 32.2. The maximum atomic E-state index is 3.73. The van der Waals surface area contributed by atoms with Gasteiger partial charge in [0.15, 0.2) is 0 Å². The fourth-order valence-corrected chi connectivity index (χ4v) is 3.95. The van der Waals surface area contributed by atoms with Gasteiger partial charge in [0.05, 0.1) is 0 Å². The third kappa shape index (κ3) is 6.01. The minimum atomic E-state index is 0.664. The van der Waals surface area contributed by atoms with Crippen LogP contribution in [0, 0.1) is 5.92 Å². The van der Waals surface area contributed by atoms with Crippen molar-refractivity contribution >= 4 is 11.8 Å². The van der Waals surface area contributed by atoms with E-state index >= 15 is 0 Å². The van der Waals surface area contributed by atoms with Gasteiger partial charge < -0.3 is 5.32 Å². The second-order valence-electron chi connectivity index (χ2n) is 6.57. The monoisotopic (exact) mass is 306 g/mol. The summed E-state index contributed by atoms with van der Waals surface area (Å²) in [4.78, 5) is 4.07. The summed E-state index contributed by atoms with van der Waals surface area (Å²) in [5.74, 6) is 1.96. The number of hydrogen-bond donors (Lipinski definition) is 1. The van der Waals surface area contributed by atoms with E-state index in [1.807, 2.05) is 11.8 Å². The first-order chi connectivity index (χ1) is 10.1. The summed E-state index contributed by atoms with van der Waals surface area (Å²) in [5, 5.41) is 3.73. The van der Waals surface area contributed by atoms with E-state index in [0.29, 0.717) is 12.1 Å². The van der Waals surface area contributed by atoms with Gasteiger partial charge in [-0.05, 0) is 44.4 Å². The quantitative estimate of drug-likeness (QED) is 0.803. The van der Waals surface area contributed by atoms with Crippen molar-refractivity contribution in [3.63, 3.8) is 0 Å². The molecule has 0 radical (unpaired) electrons. The van der Waals surface area contributed by atoms with Gasteiger partial charge in [-0.3, -0.25) is 4.90 Å². The van der Waals surface area contributed by atoms with Crippen molar-refractivity contribution in [3.05, 3.63) is 30.3 Å². The molecule has 0 spiro atoms. The average Bonchev–Trinajstić information content (AvgIpc) is 2.62. The van der Waals surface area contributed by atoms with E-state index < -0.39 is 0 Å². The molecule has 0 amide bonds. The molecule has 2 unspecified atom stereocenters. The zero-order valence-electron chi connectivity index (χ0n) is 13.7. The largest absolute Gasteiger partial charge is 0.313 e. The molecule has 0 saturated carbocycles. The molecule has 1 aromatic rings. The Morgan fingerprint density at radius 1 is 1.29 bits per heavy atom. The molecule has 21 heavy (non-hydrogen) atoms. The van der Waals surface area contributed by atoms with E-state index in [9.17, 15) is 0 Å². The van der Waals surface area contributed by atoms with Crippen molar-refractivity contribution in [1.29, 1.82) is 0 Å². The van der Waals surface area contributed by atoms with Gasteiger partial charge in [-0.15, -0.1) is 11.8 Å². The van der Waals surface area contributed by atoms with E-state index in [1.165, 1.54) is 43.1 Å². The molecule has 1 saturated heterocycles. The average molecular weight is 307 g/mol. The highest BCUT2D eigenvalue weighted by Gasteiger charge is 2.22. The molecule has 0 aliphatic carbocycles. The van der Waals surface area contributed by atoms with Crippen LogP contribution in [0.15, 0.2) is 35.2 Å². The highest BCUT2D eigenvalue weighted by Crippen LogP contribution is 2.19. The number of benzene rings is 1. The molecule has 0 aromatic heterocycles. The van der Waals surface area contributed by atoms with Gasteiger partial charge in [0.1, 0.15) is 0 Å². The van der Waals surface area contributed by atoms with Gasteiger partial charge in [0, 0.05) is 35.8 Å². The number of thioether (sulfide) groups is 1. The predicted octanol–water partition coefficient (Wildman–Crippen LogP) is 3.88. The molecule has 1 aromatic carbocycles. The predicted molar refractivity (Wildman–Crippen MR) is 94.1 cm³/mol. The van der Waals surface area contributed by atoms with Crippen LogP contribution in [0.1, 0.15) is 33.6 Å². The van der Waals surface area contributed by atoms with Crippen LogP contribution in [0.4, 0.5) is 0 Å². The molecular formula is C18H30N2S. The molecule has 1 aliphatic heterocycles. The molecule has 3 heteroatoms. The number of nitrogens with zero attached hydrogens (tertiary/aromatic N) is 1. The van der Waals surface area contributed by atoms with Crippen LogP contribution in [0.2, 0.25) is 0 Å². The zero-order valence-corrected chi connectivity index (χ0v) is 14.5. The summed E-state index contributed by atoms with van der Waals surface area (Å²) in [5.41, 5.74) is 0. The van der Waals surface area contributed by atoms with Gasteiger partial charge >= 0.3 is 0 Å². The Balaban J connectivity index is 1.81. The van der Waals surface area contributed by atoms with Crippen LogP contribution in [-0.2, 0) is 0 Å². The van der Waals surface area contributed by atoms with E-state index in [2.05, 4.69) is 61.3 Å². The summed E-state index contributed by atoms with van der Waals surface area (Å²) in [6, 6.07) is 12.1. The molecule has 0 bridgehead atoms. The Kier molecular flexibility index (Phi) is 7.08. The summed E-state index contributed by atoms with van der Waals surface area (Å²) in [7, 11) is 0. The van der Waals surface area contributed by atoms with Crippen LogP contribution in [0.3, 0.4) is 0 Å². The number of rotatable bonds is 6. The van der Waals surface area contributed by atoms with Crippen LogP contribution in [-0.4, -0.2) is 42.4 Å². The minimum Gasteiger partial charge on any atom is -0.313 e. The first-order valence-corrected chi connectivity index (χ1v) is 9.29. The standard InChI is InChI=1S/C18H30N2S/c1-15(2)13-17-14-20(16(3)9-10-19-17)11-12-21-18-7-5-4-6-8-18/h4-8,15-17,19H,9-14H2,1-3H3. The van der Waals surface area contributed by atoms with Crippen molar-refractivity contribution in [2.75, 3.05) is 25.4 Å². The summed E-state index contributed by atoms with van der Waals surface area (Å²) < 4.78 is 0. The zero-order chi connectivity index (χ0) is 15.1. The fraction of sp³-hybridized carbons (Fsp3) is 0.667. The molecule has 1 aliphatic rings. The summed E-state index contributed by atoms with van der Waals surface area (Å²) in [6.07, 6.45) is 2.56. The van der Waals surface area contributed by atoms with Gasteiger partial charge in [-0.25, -0.2) is 0 Å². The van der Waals surface area contributed by atoms with Crippen molar-refractivity contribution in [2.24, 2.45) is 5.92 Å². The topological polar surface area (TPSA) is 15.3 Å². The summed E-state index contributed by atoms with van der Waals surface area (Å²) in [6.45, 7) is 10.6. The van der Waals surface area contributed by atoms with Crippen molar-refractivity contribution in [3.8, 4) is 0 Å². The lowest BCUT2D eigenvalue weighted by Crippen LogP contribution is -2.41. The van der Waals surface area contributed by atoms with E-state index in [-0.39, 0.29) is 0 Å². The molecule has 1 N–H and O–H groups in total. The molecular weight excluding hydrogens is 276 g/mol. The second-order valence-corrected chi connectivity index (χ2v) is 7.74. The lowest BCUT2D eigenvalue weighted by molar-refractivity contribution is 0.210. The third-order valence-electron chi connectivity index (χ3n) is 4.22. The SMILES string of the molecule is CC(C)CC1CN(CCSc2ccccc2)C(C)CCN1. The molecule has 118 valence electrons. The van der Waals surface area contributed by atoms with Crippen molar-refractivity contribution in [2.45, 2.75) is 50.6 Å². The highest BCUT2D eigenvalue weighted by molar-refractivity contribution is 7.99. The second kappa shape index (κ2) is 8.82. The van der Waals surface area contributed by atoms with Crippen LogP contribution in [0.25, 0.3) is 0 Å². The molecule has 2 rings (SSSR count). The normalized spacial score (nSPS) is 24.2. The van der Waals surface area contributed by atoms with Gasteiger partial charge in [-0.1, -0.05) is 32.0 Å². The Morgan fingerprint density at radius 2 is 2.05 bits per heavy atom. The fourth-order valence-electron chi connectivity index (χ4n) is 3.04. The van der Waals surface area contributed by atoms with Crippen LogP contribution >= 0.6 is 11.8 Å². The van der Waals surface area contributed by atoms with Crippen LogP contribution in [0.5, 0.6) is 0 Å². The molecule has 1 fully saturated rings. The number of hydrogen-bond acceptors (Lipinski definition) is 3. The van der Waals surface area contributed by atoms with Crippen molar-refractivity contribution in [1.82, 2.24) is 10.2 Å². The Bertz CT molecular complexity index is 393. The molecule has 1 heterocycles. The van der Waals surface area contributed by atoms with Gasteiger partial charge in [-0.2, -0.15) is 0 Å². The molecule has 2 nitrogen and oxygen atoms in total.